The summed E-state index contributed by atoms with van der Waals surface area (Å²) in [5.41, 5.74) is 0. The number of sulfonamides is 2. The second-order valence-electron chi connectivity index (χ2n) is 5.49. The lowest BCUT2D eigenvalue weighted by Gasteiger charge is -2.17. The highest BCUT2D eigenvalue weighted by Gasteiger charge is 2.20. The minimum Gasteiger partial charge on any atom is -0.211 e. The Morgan fingerprint density at radius 2 is 1.31 bits per heavy atom. The summed E-state index contributed by atoms with van der Waals surface area (Å²) in [6, 6.07) is 12.6. The molecule has 0 saturated carbocycles. The van der Waals surface area contributed by atoms with Gasteiger partial charge in [-0.1, -0.05) is 31.9 Å². The molecule has 0 aliphatic heterocycles. The van der Waals surface area contributed by atoms with Crippen molar-refractivity contribution in [2.45, 2.75) is 16.2 Å². The average Bonchev–Trinajstić information content (AvgIpc) is 2.59. The van der Waals surface area contributed by atoms with Gasteiger partial charge in [-0.25, -0.2) is 25.9 Å². The number of nitrogens with zero attached hydrogens (tertiary/aromatic N) is 1. The molecule has 0 saturated heterocycles. The molecule has 142 valence electrons. The fourth-order valence-electron chi connectivity index (χ4n) is 2.11. The molecule has 26 heavy (non-hydrogen) atoms. The zero-order valence-corrected chi connectivity index (χ0v) is 18.7. The van der Waals surface area contributed by atoms with Crippen LogP contribution in [-0.2, 0) is 20.0 Å². The van der Waals surface area contributed by atoms with E-state index in [0.717, 1.165) is 8.95 Å². The van der Waals surface area contributed by atoms with Crippen LogP contribution >= 0.6 is 31.9 Å². The Balaban J connectivity index is 1.90. The van der Waals surface area contributed by atoms with Crippen LogP contribution in [-0.4, -0.2) is 41.3 Å². The third-order valence-corrected chi connectivity index (χ3v) is 7.99. The Hall–Kier alpha value is -0.780. The summed E-state index contributed by atoms with van der Waals surface area (Å²) in [4.78, 5) is 0.357. The molecule has 0 unspecified atom stereocenters. The van der Waals surface area contributed by atoms with E-state index in [1.165, 1.54) is 35.6 Å². The van der Waals surface area contributed by atoms with E-state index in [1.807, 2.05) is 0 Å². The van der Waals surface area contributed by atoms with Crippen LogP contribution in [0.4, 0.5) is 0 Å². The van der Waals surface area contributed by atoms with Gasteiger partial charge in [-0.05, 0) is 55.0 Å². The largest absolute Gasteiger partial charge is 0.242 e. The summed E-state index contributed by atoms with van der Waals surface area (Å²) in [6.07, 6.45) is 0.349. The van der Waals surface area contributed by atoms with Crippen LogP contribution in [0.25, 0.3) is 0 Å². The minimum atomic E-state index is -3.61. The summed E-state index contributed by atoms with van der Waals surface area (Å²) in [7, 11) is -5.74. The van der Waals surface area contributed by atoms with E-state index >= 15 is 0 Å². The smallest absolute Gasteiger partial charge is 0.211 e. The lowest BCUT2D eigenvalue weighted by atomic mass is 10.4. The van der Waals surface area contributed by atoms with Crippen LogP contribution in [0.1, 0.15) is 6.42 Å². The van der Waals surface area contributed by atoms with Crippen LogP contribution in [0.15, 0.2) is 67.3 Å². The highest BCUT2D eigenvalue weighted by molar-refractivity contribution is 9.10. The third kappa shape index (κ3) is 5.61. The predicted octanol–water partition coefficient (Wildman–Crippen LogP) is 3.20. The summed E-state index contributed by atoms with van der Waals surface area (Å²) in [5.74, 6) is 0. The molecule has 0 aliphatic carbocycles. The first-order valence-electron chi connectivity index (χ1n) is 7.60. The maximum absolute atomic E-state index is 12.5. The summed E-state index contributed by atoms with van der Waals surface area (Å²) < 4.78 is 54.5. The summed E-state index contributed by atoms with van der Waals surface area (Å²) >= 11 is 6.52. The number of nitrogens with one attached hydrogen (secondary N) is 1. The van der Waals surface area contributed by atoms with Crippen molar-refractivity contribution in [1.82, 2.24) is 9.03 Å². The van der Waals surface area contributed by atoms with Gasteiger partial charge in [-0.3, -0.25) is 0 Å². The molecule has 0 spiro atoms. The van der Waals surface area contributed by atoms with Gasteiger partial charge in [0.1, 0.15) is 0 Å². The van der Waals surface area contributed by atoms with Gasteiger partial charge in [-0.2, -0.15) is 0 Å². The van der Waals surface area contributed by atoms with E-state index in [2.05, 4.69) is 36.6 Å². The molecule has 0 heterocycles. The maximum atomic E-state index is 12.5. The van der Waals surface area contributed by atoms with Crippen molar-refractivity contribution in [2.24, 2.45) is 0 Å². The molecule has 0 aromatic heterocycles. The van der Waals surface area contributed by atoms with Gasteiger partial charge in [0.05, 0.1) is 9.79 Å². The van der Waals surface area contributed by atoms with Crippen molar-refractivity contribution < 1.29 is 16.8 Å². The molecule has 1 N–H and O–H groups in total. The lowest BCUT2D eigenvalue weighted by molar-refractivity contribution is 0.460. The standard InChI is InChI=1S/C16H18Br2N2O4S2/c1-20(26(23,24)16-9-5-14(18)6-10-16)12-2-11-19-25(21,22)15-7-3-13(17)4-8-15/h3-10,19H,2,11-12H2,1H3. The van der Waals surface area contributed by atoms with Crippen molar-refractivity contribution in [3.05, 3.63) is 57.5 Å². The Morgan fingerprint density at radius 1 is 0.846 bits per heavy atom. The van der Waals surface area contributed by atoms with Crippen molar-refractivity contribution in [2.75, 3.05) is 20.1 Å². The normalized spacial score (nSPS) is 12.5. The summed E-state index contributed by atoms with van der Waals surface area (Å²) in [5, 5.41) is 0. The molecule has 0 aliphatic rings. The number of hydrogen-bond donors (Lipinski definition) is 1. The zero-order valence-electron chi connectivity index (χ0n) is 13.9. The Morgan fingerprint density at radius 3 is 1.81 bits per heavy atom. The van der Waals surface area contributed by atoms with Gasteiger partial charge in [-0.15, -0.1) is 0 Å². The van der Waals surface area contributed by atoms with E-state index in [1.54, 1.807) is 24.3 Å². The Kier molecular flexibility index (Phi) is 7.40. The Labute approximate surface area is 171 Å². The second-order valence-corrected chi connectivity index (χ2v) is 11.1. The second kappa shape index (κ2) is 8.94. The average molecular weight is 526 g/mol. The SMILES string of the molecule is CN(CCCNS(=O)(=O)c1ccc(Br)cc1)S(=O)(=O)c1ccc(Br)cc1. The molecule has 0 atom stereocenters. The summed E-state index contributed by atoms with van der Waals surface area (Å²) in [6.45, 7) is 0.333. The van der Waals surface area contributed by atoms with Crippen LogP contribution in [0.5, 0.6) is 0 Å². The van der Waals surface area contributed by atoms with E-state index in [0.29, 0.717) is 6.42 Å². The Bertz CT molecular complexity index is 945. The molecule has 0 fully saturated rings. The van der Waals surface area contributed by atoms with Crippen LogP contribution < -0.4 is 4.72 Å². The third-order valence-electron chi connectivity index (χ3n) is 3.59. The molecular weight excluding hydrogens is 508 g/mol. The number of halogens is 2. The molecule has 6 nitrogen and oxygen atoms in total. The highest BCUT2D eigenvalue weighted by Crippen LogP contribution is 2.18. The van der Waals surface area contributed by atoms with Gasteiger partial charge in [0.25, 0.3) is 0 Å². The van der Waals surface area contributed by atoms with Crippen LogP contribution in [0.2, 0.25) is 0 Å². The van der Waals surface area contributed by atoms with Crippen LogP contribution in [0, 0.1) is 0 Å². The van der Waals surface area contributed by atoms with E-state index in [-0.39, 0.29) is 22.9 Å². The lowest BCUT2D eigenvalue weighted by Crippen LogP contribution is -2.31. The molecule has 10 heteroatoms. The molecule has 0 radical (unpaired) electrons. The van der Waals surface area contributed by atoms with Crippen molar-refractivity contribution in [3.63, 3.8) is 0 Å². The van der Waals surface area contributed by atoms with Gasteiger partial charge < -0.3 is 0 Å². The number of hydrogen-bond acceptors (Lipinski definition) is 4. The van der Waals surface area contributed by atoms with Crippen molar-refractivity contribution in [3.8, 4) is 0 Å². The van der Waals surface area contributed by atoms with Gasteiger partial charge in [0, 0.05) is 29.1 Å². The first-order valence-corrected chi connectivity index (χ1v) is 12.1. The van der Waals surface area contributed by atoms with Gasteiger partial charge >= 0.3 is 0 Å². The van der Waals surface area contributed by atoms with Crippen molar-refractivity contribution in [1.29, 1.82) is 0 Å². The monoisotopic (exact) mass is 524 g/mol. The minimum absolute atomic E-state index is 0.137. The highest BCUT2D eigenvalue weighted by atomic mass is 79.9. The topological polar surface area (TPSA) is 83.6 Å². The van der Waals surface area contributed by atoms with E-state index in [9.17, 15) is 16.8 Å². The molecule has 0 bridgehead atoms. The number of benzene rings is 2. The molecule has 2 aromatic rings. The zero-order chi connectivity index (χ0) is 19.4. The molecule has 0 amide bonds. The first-order chi connectivity index (χ1) is 12.1. The fourth-order valence-corrected chi connectivity index (χ4v) is 4.92. The maximum Gasteiger partial charge on any atom is 0.242 e. The van der Waals surface area contributed by atoms with Gasteiger partial charge in [0.2, 0.25) is 20.0 Å². The quantitative estimate of drug-likeness (QED) is 0.536. The van der Waals surface area contributed by atoms with Gasteiger partial charge in [0.15, 0.2) is 0 Å². The van der Waals surface area contributed by atoms with Crippen molar-refractivity contribution >= 4 is 51.9 Å². The molecule has 2 aromatic carbocycles. The van der Waals surface area contributed by atoms with E-state index < -0.39 is 20.0 Å². The molecular formula is C16H18Br2N2O4S2. The van der Waals surface area contributed by atoms with E-state index in [4.69, 9.17) is 0 Å². The number of rotatable bonds is 8. The predicted molar refractivity (Wildman–Crippen MR) is 108 cm³/mol. The fraction of sp³-hybridized carbons (Fsp3) is 0.250. The first kappa shape index (κ1) is 21.5. The molecule has 2 rings (SSSR count). The van der Waals surface area contributed by atoms with Crippen LogP contribution in [0.3, 0.4) is 0 Å².